The van der Waals surface area contributed by atoms with Crippen molar-refractivity contribution in [2.75, 3.05) is 11.9 Å². The number of anilines is 1. The lowest BCUT2D eigenvalue weighted by Crippen LogP contribution is -2.30. The predicted octanol–water partition coefficient (Wildman–Crippen LogP) is 4.19. The van der Waals surface area contributed by atoms with Crippen molar-refractivity contribution in [3.05, 3.63) is 58.7 Å². The summed E-state index contributed by atoms with van der Waals surface area (Å²) in [6.07, 6.45) is -0.679. The van der Waals surface area contributed by atoms with Gasteiger partial charge in [0.15, 0.2) is 6.10 Å². The Hall–Kier alpha value is -2.82. The van der Waals surface area contributed by atoms with Crippen molar-refractivity contribution < 1.29 is 19.1 Å². The lowest BCUT2D eigenvalue weighted by atomic mass is 10.1. The molecular weight excluding hydrogens is 330 g/mol. The van der Waals surface area contributed by atoms with Gasteiger partial charge in [0.05, 0.1) is 12.2 Å². The zero-order valence-corrected chi connectivity index (χ0v) is 15.9. The minimum Gasteiger partial charge on any atom is -0.481 e. The molecule has 5 nitrogen and oxygen atoms in total. The van der Waals surface area contributed by atoms with Crippen LogP contribution in [-0.2, 0) is 9.53 Å². The molecule has 0 spiro atoms. The van der Waals surface area contributed by atoms with E-state index in [1.807, 2.05) is 32.0 Å². The number of carbonyl (C=O) groups excluding carboxylic acids is 2. The molecule has 1 amide bonds. The molecule has 0 aliphatic rings. The van der Waals surface area contributed by atoms with Crippen LogP contribution < -0.4 is 10.1 Å². The molecule has 2 aromatic rings. The molecule has 0 saturated carbocycles. The molecule has 26 heavy (non-hydrogen) atoms. The summed E-state index contributed by atoms with van der Waals surface area (Å²) in [5, 5.41) is 2.83. The second kappa shape index (κ2) is 8.52. The zero-order chi connectivity index (χ0) is 19.3. The summed E-state index contributed by atoms with van der Waals surface area (Å²) in [6.45, 7) is 9.49. The van der Waals surface area contributed by atoms with Gasteiger partial charge in [-0.2, -0.15) is 0 Å². The molecule has 0 bridgehead atoms. The van der Waals surface area contributed by atoms with Gasteiger partial charge >= 0.3 is 5.97 Å². The van der Waals surface area contributed by atoms with Crippen molar-refractivity contribution in [3.63, 3.8) is 0 Å². The van der Waals surface area contributed by atoms with Gasteiger partial charge in [-0.3, -0.25) is 4.79 Å². The van der Waals surface area contributed by atoms with E-state index in [0.29, 0.717) is 29.2 Å². The number of hydrogen-bond donors (Lipinski definition) is 1. The van der Waals surface area contributed by atoms with E-state index >= 15 is 0 Å². The highest BCUT2D eigenvalue weighted by Gasteiger charge is 2.19. The molecule has 5 heteroatoms. The highest BCUT2D eigenvalue weighted by Crippen LogP contribution is 2.23. The third kappa shape index (κ3) is 4.42. The molecule has 0 radical (unpaired) electrons. The Labute approximate surface area is 154 Å². The second-order valence-electron chi connectivity index (χ2n) is 6.15. The van der Waals surface area contributed by atoms with E-state index in [-0.39, 0.29) is 5.91 Å². The van der Waals surface area contributed by atoms with Gasteiger partial charge in [0.25, 0.3) is 5.91 Å². The molecule has 0 aliphatic heterocycles. The highest BCUT2D eigenvalue weighted by atomic mass is 16.5. The number of benzene rings is 2. The van der Waals surface area contributed by atoms with Crippen LogP contribution in [0.25, 0.3) is 0 Å². The van der Waals surface area contributed by atoms with Crippen LogP contribution in [0.3, 0.4) is 0 Å². The fourth-order valence-electron chi connectivity index (χ4n) is 2.53. The van der Waals surface area contributed by atoms with E-state index in [2.05, 4.69) is 5.32 Å². The molecule has 2 aromatic carbocycles. The van der Waals surface area contributed by atoms with E-state index in [9.17, 15) is 9.59 Å². The maximum absolute atomic E-state index is 12.5. The number of hydrogen-bond acceptors (Lipinski definition) is 4. The van der Waals surface area contributed by atoms with Crippen molar-refractivity contribution in [3.8, 4) is 5.75 Å². The van der Waals surface area contributed by atoms with Gasteiger partial charge in [0, 0.05) is 5.69 Å². The van der Waals surface area contributed by atoms with E-state index in [1.165, 1.54) is 0 Å². The standard InChI is InChI=1S/C21H25NO4/c1-6-25-21(24)17-10-8-11-18(15(17)4)22-20(23)16(5)26-19-12-7-9-13(2)14(19)3/h7-12,16H,6H2,1-5H3,(H,22,23). The molecule has 0 saturated heterocycles. The fourth-order valence-corrected chi connectivity index (χ4v) is 2.53. The smallest absolute Gasteiger partial charge is 0.338 e. The average Bonchev–Trinajstić information content (AvgIpc) is 2.60. The Balaban J connectivity index is 2.13. The number of rotatable bonds is 6. The lowest BCUT2D eigenvalue weighted by Gasteiger charge is -2.18. The number of esters is 1. The number of aryl methyl sites for hydroxylation is 1. The van der Waals surface area contributed by atoms with E-state index in [1.54, 1.807) is 39.0 Å². The number of amides is 1. The number of carbonyl (C=O) groups is 2. The van der Waals surface area contributed by atoms with Crippen LogP contribution in [0.4, 0.5) is 5.69 Å². The number of ether oxygens (including phenoxy) is 2. The molecule has 2 rings (SSSR count). The van der Waals surface area contributed by atoms with Gasteiger partial charge in [-0.1, -0.05) is 18.2 Å². The van der Waals surface area contributed by atoms with Gasteiger partial charge in [-0.25, -0.2) is 4.79 Å². The summed E-state index contributed by atoms with van der Waals surface area (Å²) in [6, 6.07) is 10.9. The maximum Gasteiger partial charge on any atom is 0.338 e. The normalized spacial score (nSPS) is 11.6. The molecule has 0 fully saturated rings. The van der Waals surface area contributed by atoms with Crippen molar-refractivity contribution in [2.45, 2.75) is 40.7 Å². The summed E-state index contributed by atoms with van der Waals surface area (Å²) in [7, 11) is 0. The summed E-state index contributed by atoms with van der Waals surface area (Å²) in [5.74, 6) is 0.000411. The van der Waals surface area contributed by atoms with Gasteiger partial charge in [0.2, 0.25) is 0 Å². The second-order valence-corrected chi connectivity index (χ2v) is 6.15. The summed E-state index contributed by atoms with van der Waals surface area (Å²) >= 11 is 0. The van der Waals surface area contributed by atoms with E-state index in [0.717, 1.165) is 11.1 Å². The SMILES string of the molecule is CCOC(=O)c1cccc(NC(=O)C(C)Oc2cccc(C)c2C)c1C. The minimum absolute atomic E-state index is 0.282. The Kier molecular flexibility index (Phi) is 6.39. The van der Waals surface area contributed by atoms with E-state index in [4.69, 9.17) is 9.47 Å². The first-order chi connectivity index (χ1) is 12.3. The average molecular weight is 355 g/mol. The van der Waals surface area contributed by atoms with Crippen LogP contribution in [0.1, 0.15) is 40.9 Å². The Morgan fingerprint density at radius 1 is 1.04 bits per heavy atom. The van der Waals surface area contributed by atoms with Crippen LogP contribution in [0.5, 0.6) is 5.75 Å². The molecule has 1 N–H and O–H groups in total. The van der Waals surface area contributed by atoms with Crippen molar-refractivity contribution >= 4 is 17.6 Å². The van der Waals surface area contributed by atoms with Gasteiger partial charge in [-0.15, -0.1) is 0 Å². The van der Waals surface area contributed by atoms with Crippen LogP contribution in [-0.4, -0.2) is 24.6 Å². The van der Waals surface area contributed by atoms with Crippen LogP contribution in [0, 0.1) is 20.8 Å². The molecule has 1 unspecified atom stereocenters. The van der Waals surface area contributed by atoms with Gasteiger partial charge in [-0.05, 0) is 69.5 Å². The quantitative estimate of drug-likeness (QED) is 0.789. The minimum atomic E-state index is -0.679. The highest BCUT2D eigenvalue weighted by molar-refractivity contribution is 5.98. The van der Waals surface area contributed by atoms with Crippen molar-refractivity contribution in [1.82, 2.24) is 0 Å². The van der Waals surface area contributed by atoms with Crippen LogP contribution in [0.15, 0.2) is 36.4 Å². The van der Waals surface area contributed by atoms with Crippen molar-refractivity contribution in [1.29, 1.82) is 0 Å². The molecular formula is C21H25NO4. The first-order valence-electron chi connectivity index (χ1n) is 8.65. The predicted molar refractivity (Wildman–Crippen MR) is 102 cm³/mol. The summed E-state index contributed by atoms with van der Waals surface area (Å²) in [4.78, 5) is 24.5. The third-order valence-corrected chi connectivity index (χ3v) is 4.31. The maximum atomic E-state index is 12.5. The van der Waals surface area contributed by atoms with Crippen molar-refractivity contribution in [2.24, 2.45) is 0 Å². The third-order valence-electron chi connectivity index (χ3n) is 4.31. The lowest BCUT2D eigenvalue weighted by molar-refractivity contribution is -0.122. The summed E-state index contributed by atoms with van der Waals surface area (Å²) < 4.78 is 10.9. The Bertz CT molecular complexity index is 814. The molecule has 0 heterocycles. The Morgan fingerprint density at radius 3 is 2.42 bits per heavy atom. The van der Waals surface area contributed by atoms with Crippen LogP contribution in [0.2, 0.25) is 0 Å². The molecule has 0 aromatic heterocycles. The topological polar surface area (TPSA) is 64.6 Å². The molecule has 0 aliphatic carbocycles. The molecule has 138 valence electrons. The first kappa shape index (κ1) is 19.5. The van der Waals surface area contributed by atoms with Gasteiger partial charge in [0.1, 0.15) is 5.75 Å². The fraction of sp³-hybridized carbons (Fsp3) is 0.333. The number of nitrogens with one attached hydrogen (secondary N) is 1. The first-order valence-corrected chi connectivity index (χ1v) is 8.65. The van der Waals surface area contributed by atoms with E-state index < -0.39 is 12.1 Å². The summed E-state index contributed by atoms with van der Waals surface area (Å²) in [5.41, 5.74) is 3.78. The largest absolute Gasteiger partial charge is 0.481 e. The Morgan fingerprint density at radius 2 is 1.73 bits per heavy atom. The zero-order valence-electron chi connectivity index (χ0n) is 15.9. The van der Waals surface area contributed by atoms with Gasteiger partial charge < -0.3 is 14.8 Å². The monoisotopic (exact) mass is 355 g/mol. The molecule has 1 atom stereocenters. The van der Waals surface area contributed by atoms with Crippen LogP contribution >= 0.6 is 0 Å².